The van der Waals surface area contributed by atoms with E-state index in [-0.39, 0.29) is 5.56 Å². The molecule has 0 amide bonds. The smallest absolute Gasteiger partial charge is 0.262 e. The monoisotopic (exact) mass is 201 g/mol. The van der Waals surface area contributed by atoms with Gasteiger partial charge in [-0.15, -0.1) is 0 Å². The summed E-state index contributed by atoms with van der Waals surface area (Å²) in [6.45, 7) is 1.66. The first kappa shape index (κ1) is 8.47. The van der Waals surface area contributed by atoms with Crippen molar-refractivity contribution in [1.82, 2.24) is 9.55 Å². The number of nitrogens with one attached hydrogen (secondary N) is 1. The molecule has 0 fully saturated rings. The Morgan fingerprint density at radius 3 is 3.13 bits per heavy atom. The van der Waals surface area contributed by atoms with Crippen LogP contribution in [0.3, 0.4) is 0 Å². The minimum absolute atomic E-state index is 0.0581. The maximum absolute atomic E-state index is 12.1. The number of rotatable bonds is 0. The summed E-state index contributed by atoms with van der Waals surface area (Å²) in [5.74, 6) is 0.699. The van der Waals surface area contributed by atoms with Crippen molar-refractivity contribution in [3.05, 3.63) is 34.6 Å². The number of anilines is 1. The molecule has 1 aliphatic rings. The summed E-state index contributed by atoms with van der Waals surface area (Å²) in [6, 6.07) is 7.46. The van der Waals surface area contributed by atoms with Crippen LogP contribution in [0.25, 0.3) is 10.9 Å². The summed E-state index contributed by atoms with van der Waals surface area (Å²) < 4.78 is 1.71. The third-order valence-corrected chi connectivity index (χ3v) is 2.70. The normalized spacial score (nSPS) is 14.7. The van der Waals surface area contributed by atoms with Crippen LogP contribution in [0, 0.1) is 0 Å². The fourth-order valence-electron chi connectivity index (χ4n) is 1.95. The average Bonchev–Trinajstić information content (AvgIpc) is 2.30. The second-order valence-corrected chi connectivity index (χ2v) is 3.69. The van der Waals surface area contributed by atoms with Crippen LogP contribution in [0.4, 0.5) is 5.95 Å². The number of benzene rings is 1. The van der Waals surface area contributed by atoms with Crippen LogP contribution in [0.2, 0.25) is 0 Å². The molecule has 4 nitrogen and oxygen atoms in total. The molecule has 15 heavy (non-hydrogen) atoms. The minimum atomic E-state index is 0.0581. The van der Waals surface area contributed by atoms with Gasteiger partial charge < -0.3 is 5.32 Å². The number of hydrogen-bond donors (Lipinski definition) is 1. The van der Waals surface area contributed by atoms with Gasteiger partial charge in [0.15, 0.2) is 0 Å². The lowest BCUT2D eigenvalue weighted by molar-refractivity contribution is 0.602. The number of aromatic nitrogens is 2. The van der Waals surface area contributed by atoms with Gasteiger partial charge in [0, 0.05) is 13.1 Å². The fourth-order valence-corrected chi connectivity index (χ4v) is 1.95. The Morgan fingerprint density at radius 2 is 2.20 bits per heavy atom. The lowest BCUT2D eigenvalue weighted by atomic mass is 10.2. The minimum Gasteiger partial charge on any atom is -0.355 e. The number of nitrogens with zero attached hydrogens (tertiary/aromatic N) is 2. The van der Waals surface area contributed by atoms with Gasteiger partial charge in [-0.1, -0.05) is 12.1 Å². The molecule has 0 aliphatic carbocycles. The Kier molecular flexibility index (Phi) is 1.74. The second-order valence-electron chi connectivity index (χ2n) is 3.69. The zero-order valence-corrected chi connectivity index (χ0v) is 8.23. The van der Waals surface area contributed by atoms with Gasteiger partial charge in [-0.25, -0.2) is 4.98 Å². The molecule has 76 valence electrons. The van der Waals surface area contributed by atoms with Gasteiger partial charge in [-0.3, -0.25) is 9.36 Å². The van der Waals surface area contributed by atoms with Crippen molar-refractivity contribution in [1.29, 1.82) is 0 Å². The fraction of sp³-hybridized carbons (Fsp3) is 0.273. The Bertz CT molecular complexity index is 574. The topological polar surface area (TPSA) is 46.9 Å². The third kappa shape index (κ3) is 1.21. The van der Waals surface area contributed by atoms with Crippen molar-refractivity contribution >= 4 is 16.9 Å². The SMILES string of the molecule is O=c1c2ccccc2nc2n1CCCN2. The lowest BCUT2D eigenvalue weighted by Gasteiger charge is -2.19. The highest BCUT2D eigenvalue weighted by Crippen LogP contribution is 2.13. The molecule has 3 rings (SSSR count). The highest BCUT2D eigenvalue weighted by Gasteiger charge is 2.12. The first-order valence-corrected chi connectivity index (χ1v) is 5.10. The van der Waals surface area contributed by atoms with E-state index in [1.54, 1.807) is 4.57 Å². The van der Waals surface area contributed by atoms with Crippen LogP contribution in [-0.2, 0) is 6.54 Å². The molecule has 2 aromatic rings. The predicted octanol–water partition coefficient (Wildman–Crippen LogP) is 1.21. The standard InChI is InChI=1S/C11H11N3O/c15-10-8-4-1-2-5-9(8)13-11-12-6-3-7-14(10)11/h1-2,4-5H,3,6-7H2,(H,12,13). The lowest BCUT2D eigenvalue weighted by Crippen LogP contribution is -2.30. The van der Waals surface area contributed by atoms with Gasteiger partial charge in [0.2, 0.25) is 5.95 Å². The first-order valence-electron chi connectivity index (χ1n) is 5.10. The predicted molar refractivity (Wildman–Crippen MR) is 59.1 cm³/mol. The van der Waals surface area contributed by atoms with Crippen LogP contribution in [0.5, 0.6) is 0 Å². The van der Waals surface area contributed by atoms with E-state index in [0.29, 0.717) is 11.3 Å². The molecule has 4 heteroatoms. The Balaban J connectivity index is 2.41. The zero-order valence-electron chi connectivity index (χ0n) is 8.23. The number of para-hydroxylation sites is 1. The summed E-state index contributed by atoms with van der Waals surface area (Å²) in [4.78, 5) is 16.5. The highest BCUT2D eigenvalue weighted by molar-refractivity contribution is 5.78. The van der Waals surface area contributed by atoms with Gasteiger partial charge in [0.25, 0.3) is 5.56 Å². The molecular formula is C11H11N3O. The van der Waals surface area contributed by atoms with E-state index in [0.717, 1.165) is 25.0 Å². The largest absolute Gasteiger partial charge is 0.355 e. The van der Waals surface area contributed by atoms with Crippen LogP contribution in [0.15, 0.2) is 29.1 Å². The van der Waals surface area contributed by atoms with Gasteiger partial charge in [-0.2, -0.15) is 0 Å². The zero-order chi connectivity index (χ0) is 10.3. The van der Waals surface area contributed by atoms with Gasteiger partial charge in [0.05, 0.1) is 10.9 Å². The summed E-state index contributed by atoms with van der Waals surface area (Å²) >= 11 is 0. The molecule has 0 saturated heterocycles. The molecular weight excluding hydrogens is 190 g/mol. The second kappa shape index (κ2) is 3.08. The number of fused-ring (bicyclic) bond motifs is 2. The van der Waals surface area contributed by atoms with Gasteiger partial charge in [-0.05, 0) is 18.6 Å². The number of hydrogen-bond acceptors (Lipinski definition) is 3. The van der Waals surface area contributed by atoms with Crippen molar-refractivity contribution in [2.45, 2.75) is 13.0 Å². The summed E-state index contributed by atoms with van der Waals surface area (Å²) in [5, 5.41) is 3.85. The van der Waals surface area contributed by atoms with Crippen LogP contribution in [-0.4, -0.2) is 16.1 Å². The molecule has 0 atom stereocenters. The Hall–Kier alpha value is -1.84. The van der Waals surface area contributed by atoms with Crippen molar-refractivity contribution < 1.29 is 0 Å². The average molecular weight is 201 g/mol. The quantitative estimate of drug-likeness (QED) is 0.697. The Morgan fingerprint density at radius 1 is 1.33 bits per heavy atom. The van der Waals surface area contributed by atoms with E-state index in [1.165, 1.54) is 0 Å². The molecule has 2 heterocycles. The van der Waals surface area contributed by atoms with E-state index in [4.69, 9.17) is 0 Å². The van der Waals surface area contributed by atoms with E-state index in [1.807, 2.05) is 24.3 Å². The van der Waals surface area contributed by atoms with Crippen LogP contribution >= 0.6 is 0 Å². The molecule has 0 radical (unpaired) electrons. The van der Waals surface area contributed by atoms with E-state index < -0.39 is 0 Å². The first-order chi connectivity index (χ1) is 7.36. The maximum atomic E-state index is 12.1. The summed E-state index contributed by atoms with van der Waals surface area (Å²) in [5.41, 5.74) is 0.825. The molecule has 0 unspecified atom stereocenters. The van der Waals surface area contributed by atoms with Crippen molar-refractivity contribution in [2.75, 3.05) is 11.9 Å². The Labute approximate surface area is 86.6 Å². The molecule has 1 N–H and O–H groups in total. The maximum Gasteiger partial charge on any atom is 0.262 e. The van der Waals surface area contributed by atoms with E-state index >= 15 is 0 Å². The van der Waals surface area contributed by atoms with E-state index in [2.05, 4.69) is 10.3 Å². The molecule has 1 aliphatic heterocycles. The van der Waals surface area contributed by atoms with Crippen LogP contribution < -0.4 is 10.9 Å². The summed E-state index contributed by atoms with van der Waals surface area (Å²) in [6.07, 6.45) is 0.979. The van der Waals surface area contributed by atoms with Gasteiger partial charge >= 0.3 is 0 Å². The van der Waals surface area contributed by atoms with Crippen LogP contribution in [0.1, 0.15) is 6.42 Å². The molecule has 0 saturated carbocycles. The molecule has 0 bridgehead atoms. The van der Waals surface area contributed by atoms with Crippen molar-refractivity contribution in [2.24, 2.45) is 0 Å². The van der Waals surface area contributed by atoms with Crippen molar-refractivity contribution in [3.63, 3.8) is 0 Å². The van der Waals surface area contributed by atoms with Crippen molar-refractivity contribution in [3.8, 4) is 0 Å². The highest BCUT2D eigenvalue weighted by atomic mass is 16.1. The molecule has 1 aromatic heterocycles. The molecule has 1 aromatic carbocycles. The summed E-state index contributed by atoms with van der Waals surface area (Å²) in [7, 11) is 0. The van der Waals surface area contributed by atoms with Gasteiger partial charge in [0.1, 0.15) is 0 Å². The van der Waals surface area contributed by atoms with E-state index in [9.17, 15) is 4.79 Å². The third-order valence-electron chi connectivity index (χ3n) is 2.70. The molecule has 0 spiro atoms.